The molecule has 0 aliphatic carbocycles. The minimum absolute atomic E-state index is 0.653. The third-order valence-corrected chi connectivity index (χ3v) is 3.60. The summed E-state index contributed by atoms with van der Waals surface area (Å²) in [5, 5.41) is 6.79. The van der Waals surface area contributed by atoms with Gasteiger partial charge < -0.3 is 10.6 Å². The average molecular weight is 218 g/mol. The highest BCUT2D eigenvalue weighted by atomic mass is 14.9. The largest absolute Gasteiger partial charge is 0.319 e. The van der Waals surface area contributed by atoms with Crippen LogP contribution in [0.15, 0.2) is 24.3 Å². The predicted molar refractivity (Wildman–Crippen MR) is 68.8 cm³/mol. The van der Waals surface area contributed by atoms with Crippen molar-refractivity contribution in [2.75, 3.05) is 26.7 Å². The van der Waals surface area contributed by atoms with Gasteiger partial charge in [-0.15, -0.1) is 0 Å². The van der Waals surface area contributed by atoms with E-state index in [1.165, 1.54) is 30.6 Å². The van der Waals surface area contributed by atoms with Crippen LogP contribution in [-0.4, -0.2) is 26.7 Å². The Hall–Kier alpha value is -0.860. The molecule has 2 rings (SSSR count). The van der Waals surface area contributed by atoms with Crippen molar-refractivity contribution in [3.8, 4) is 0 Å². The molecular weight excluding hydrogens is 196 g/mol. The number of likely N-dealkylation sites (N-methyl/N-ethyl adjacent to an activating group) is 1. The van der Waals surface area contributed by atoms with Gasteiger partial charge in [-0.05, 0) is 45.0 Å². The fourth-order valence-electron chi connectivity index (χ4n) is 2.61. The fourth-order valence-corrected chi connectivity index (χ4v) is 2.61. The number of aryl methyl sites for hydroxylation is 1. The monoisotopic (exact) mass is 218 g/mol. The molecule has 0 bridgehead atoms. The minimum atomic E-state index is 0.653. The van der Waals surface area contributed by atoms with Gasteiger partial charge in [-0.2, -0.15) is 0 Å². The molecule has 2 N–H and O–H groups in total. The van der Waals surface area contributed by atoms with E-state index in [2.05, 4.69) is 41.8 Å². The summed E-state index contributed by atoms with van der Waals surface area (Å²) in [6, 6.07) is 9.02. The Labute approximate surface area is 98.4 Å². The van der Waals surface area contributed by atoms with Crippen molar-refractivity contribution < 1.29 is 0 Å². The summed E-state index contributed by atoms with van der Waals surface area (Å²) in [5.74, 6) is 1.44. The molecule has 16 heavy (non-hydrogen) atoms. The molecule has 0 spiro atoms. The molecule has 0 saturated carbocycles. The number of benzene rings is 1. The molecule has 1 aliphatic heterocycles. The maximum atomic E-state index is 3.46. The smallest absolute Gasteiger partial charge is 0.00203 e. The zero-order valence-corrected chi connectivity index (χ0v) is 10.3. The van der Waals surface area contributed by atoms with Gasteiger partial charge in [0.05, 0.1) is 0 Å². The van der Waals surface area contributed by atoms with Crippen molar-refractivity contribution in [2.24, 2.45) is 5.92 Å². The van der Waals surface area contributed by atoms with E-state index in [4.69, 9.17) is 0 Å². The van der Waals surface area contributed by atoms with Crippen LogP contribution in [0.25, 0.3) is 0 Å². The van der Waals surface area contributed by atoms with Crippen LogP contribution in [0.4, 0.5) is 0 Å². The summed E-state index contributed by atoms with van der Waals surface area (Å²) in [5.41, 5.74) is 2.82. The van der Waals surface area contributed by atoms with Gasteiger partial charge in [0.15, 0.2) is 0 Å². The Bertz CT molecular complexity index is 312. The van der Waals surface area contributed by atoms with Gasteiger partial charge in [-0.3, -0.25) is 0 Å². The van der Waals surface area contributed by atoms with E-state index in [1.807, 2.05) is 7.05 Å². The summed E-state index contributed by atoms with van der Waals surface area (Å²) in [6.07, 6.45) is 1.31. The van der Waals surface area contributed by atoms with Gasteiger partial charge in [0.25, 0.3) is 0 Å². The number of nitrogens with one attached hydrogen (secondary N) is 2. The fraction of sp³-hybridized carbons (Fsp3) is 0.571. The first kappa shape index (κ1) is 11.6. The normalized spacial score (nSPS) is 22.2. The van der Waals surface area contributed by atoms with Gasteiger partial charge in [-0.1, -0.05) is 29.8 Å². The van der Waals surface area contributed by atoms with Gasteiger partial charge in [0.1, 0.15) is 0 Å². The lowest BCUT2D eigenvalue weighted by atomic mass is 9.85. The molecule has 2 unspecified atom stereocenters. The van der Waals surface area contributed by atoms with Crippen molar-refractivity contribution in [1.29, 1.82) is 0 Å². The lowest BCUT2D eigenvalue weighted by Crippen LogP contribution is -2.25. The second-order valence-corrected chi connectivity index (χ2v) is 4.83. The minimum Gasteiger partial charge on any atom is -0.319 e. The molecule has 2 atom stereocenters. The molecule has 0 radical (unpaired) electrons. The zero-order valence-electron chi connectivity index (χ0n) is 10.3. The molecule has 2 nitrogen and oxygen atoms in total. The first-order valence-electron chi connectivity index (χ1n) is 6.23. The first-order valence-corrected chi connectivity index (χ1v) is 6.23. The van der Waals surface area contributed by atoms with Crippen LogP contribution in [0.3, 0.4) is 0 Å². The molecule has 1 aliphatic rings. The van der Waals surface area contributed by atoms with E-state index in [0.717, 1.165) is 12.5 Å². The van der Waals surface area contributed by atoms with Crippen LogP contribution in [-0.2, 0) is 0 Å². The van der Waals surface area contributed by atoms with Crippen LogP contribution < -0.4 is 10.6 Å². The van der Waals surface area contributed by atoms with Crippen molar-refractivity contribution >= 4 is 0 Å². The molecule has 2 heteroatoms. The Morgan fingerprint density at radius 3 is 2.69 bits per heavy atom. The average Bonchev–Trinajstić information content (AvgIpc) is 2.81. The van der Waals surface area contributed by atoms with Crippen molar-refractivity contribution in [3.05, 3.63) is 35.4 Å². The van der Waals surface area contributed by atoms with Gasteiger partial charge >= 0.3 is 0 Å². The van der Waals surface area contributed by atoms with Crippen LogP contribution in [0.2, 0.25) is 0 Å². The summed E-state index contributed by atoms with van der Waals surface area (Å²) < 4.78 is 0. The third-order valence-electron chi connectivity index (χ3n) is 3.60. The quantitative estimate of drug-likeness (QED) is 0.806. The van der Waals surface area contributed by atoms with E-state index in [1.54, 1.807) is 0 Å². The van der Waals surface area contributed by atoms with Crippen LogP contribution in [0.5, 0.6) is 0 Å². The van der Waals surface area contributed by atoms with Crippen molar-refractivity contribution in [1.82, 2.24) is 10.6 Å². The van der Waals surface area contributed by atoms with Crippen molar-refractivity contribution in [2.45, 2.75) is 19.3 Å². The number of rotatable bonds is 4. The standard InChI is InChI=1S/C14H22N2/c1-11-3-5-12(6-4-11)14(10-15-2)13-7-8-16-9-13/h3-6,13-16H,7-10H2,1-2H3. The summed E-state index contributed by atoms with van der Waals surface area (Å²) >= 11 is 0. The molecule has 1 aromatic rings. The summed E-state index contributed by atoms with van der Waals surface area (Å²) in [4.78, 5) is 0. The topological polar surface area (TPSA) is 24.1 Å². The molecule has 0 amide bonds. The molecule has 0 aromatic heterocycles. The van der Waals surface area contributed by atoms with E-state index >= 15 is 0 Å². The highest BCUT2D eigenvalue weighted by Gasteiger charge is 2.25. The Balaban J connectivity index is 2.14. The summed E-state index contributed by atoms with van der Waals surface area (Å²) in [6.45, 7) is 5.57. The van der Waals surface area contributed by atoms with Crippen LogP contribution in [0, 0.1) is 12.8 Å². The molecule has 88 valence electrons. The highest BCUT2D eigenvalue weighted by molar-refractivity contribution is 5.25. The number of hydrogen-bond donors (Lipinski definition) is 2. The Morgan fingerprint density at radius 1 is 1.38 bits per heavy atom. The molecule has 1 saturated heterocycles. The molecule has 1 heterocycles. The first-order chi connectivity index (χ1) is 7.81. The SMILES string of the molecule is CNCC(c1ccc(C)cc1)C1CCNC1. The Morgan fingerprint density at radius 2 is 2.12 bits per heavy atom. The number of hydrogen-bond acceptors (Lipinski definition) is 2. The molecular formula is C14H22N2. The molecule has 1 fully saturated rings. The van der Waals surface area contributed by atoms with E-state index < -0.39 is 0 Å². The maximum Gasteiger partial charge on any atom is 0.00203 e. The lowest BCUT2D eigenvalue weighted by Gasteiger charge is -2.23. The predicted octanol–water partition coefficient (Wildman–Crippen LogP) is 1.91. The highest BCUT2D eigenvalue weighted by Crippen LogP contribution is 2.28. The van der Waals surface area contributed by atoms with Gasteiger partial charge in [-0.25, -0.2) is 0 Å². The van der Waals surface area contributed by atoms with Crippen LogP contribution in [0.1, 0.15) is 23.5 Å². The van der Waals surface area contributed by atoms with Gasteiger partial charge in [0, 0.05) is 12.5 Å². The van der Waals surface area contributed by atoms with Crippen molar-refractivity contribution in [3.63, 3.8) is 0 Å². The van der Waals surface area contributed by atoms with E-state index in [0.29, 0.717) is 5.92 Å². The zero-order chi connectivity index (χ0) is 11.4. The van der Waals surface area contributed by atoms with E-state index in [9.17, 15) is 0 Å². The second kappa shape index (κ2) is 5.46. The Kier molecular flexibility index (Phi) is 3.97. The maximum absolute atomic E-state index is 3.46. The third kappa shape index (κ3) is 2.63. The lowest BCUT2D eigenvalue weighted by molar-refractivity contribution is 0.443. The van der Waals surface area contributed by atoms with Crippen LogP contribution >= 0.6 is 0 Å². The summed E-state index contributed by atoms with van der Waals surface area (Å²) in [7, 11) is 2.05. The molecule has 1 aromatic carbocycles. The van der Waals surface area contributed by atoms with Gasteiger partial charge in [0.2, 0.25) is 0 Å². The second-order valence-electron chi connectivity index (χ2n) is 4.83. The van der Waals surface area contributed by atoms with E-state index in [-0.39, 0.29) is 0 Å².